The maximum absolute atomic E-state index is 12.0. The van der Waals surface area contributed by atoms with Crippen molar-refractivity contribution in [3.8, 4) is 0 Å². The van der Waals surface area contributed by atoms with Crippen LogP contribution in [0.2, 0.25) is 0 Å². The summed E-state index contributed by atoms with van der Waals surface area (Å²) in [4.78, 5) is 11.9. The van der Waals surface area contributed by atoms with Crippen molar-refractivity contribution in [1.29, 1.82) is 0 Å². The van der Waals surface area contributed by atoms with Crippen molar-refractivity contribution in [3.05, 3.63) is 30.3 Å². The van der Waals surface area contributed by atoms with Gasteiger partial charge in [0.05, 0.1) is 5.75 Å². The quantitative estimate of drug-likeness (QED) is 0.849. The van der Waals surface area contributed by atoms with E-state index in [9.17, 15) is 13.2 Å². The van der Waals surface area contributed by atoms with Crippen LogP contribution in [-0.4, -0.2) is 30.9 Å². The number of benzene rings is 1. The largest absolute Gasteiger partial charge is 0.325 e. The smallest absolute Gasteiger partial charge is 0.242 e. The second-order valence-electron chi connectivity index (χ2n) is 5.29. The molecule has 0 aromatic heterocycles. The van der Waals surface area contributed by atoms with Crippen molar-refractivity contribution in [1.82, 2.24) is 0 Å². The van der Waals surface area contributed by atoms with Crippen molar-refractivity contribution in [2.24, 2.45) is 5.73 Å². The van der Waals surface area contributed by atoms with E-state index in [4.69, 9.17) is 5.73 Å². The molecule has 5 nitrogen and oxygen atoms in total. The van der Waals surface area contributed by atoms with Gasteiger partial charge in [0.1, 0.15) is 5.25 Å². The summed E-state index contributed by atoms with van der Waals surface area (Å²) < 4.78 is 24.1. The maximum Gasteiger partial charge on any atom is 0.242 e. The van der Waals surface area contributed by atoms with Crippen LogP contribution in [0.1, 0.15) is 20.8 Å². The van der Waals surface area contributed by atoms with E-state index in [0.717, 1.165) is 0 Å². The standard InChI is InChI=1S/C13H20N2O3S/c1-10(19(17,18)9-13(2,3)14)12(16)15-11-7-5-4-6-8-11/h4-8,10H,9,14H2,1-3H3,(H,15,16). The second-order valence-corrected chi connectivity index (χ2v) is 7.61. The predicted molar refractivity (Wildman–Crippen MR) is 76.6 cm³/mol. The van der Waals surface area contributed by atoms with E-state index in [-0.39, 0.29) is 5.75 Å². The van der Waals surface area contributed by atoms with Gasteiger partial charge in [0.25, 0.3) is 0 Å². The monoisotopic (exact) mass is 284 g/mol. The lowest BCUT2D eigenvalue weighted by molar-refractivity contribution is -0.115. The normalized spacial score (nSPS) is 13.9. The molecule has 1 aromatic rings. The minimum Gasteiger partial charge on any atom is -0.325 e. The van der Waals surface area contributed by atoms with Gasteiger partial charge in [-0.1, -0.05) is 18.2 Å². The Hall–Kier alpha value is -1.40. The van der Waals surface area contributed by atoms with Gasteiger partial charge in [-0.25, -0.2) is 8.42 Å². The Bertz CT molecular complexity index is 533. The zero-order valence-corrected chi connectivity index (χ0v) is 12.2. The predicted octanol–water partition coefficient (Wildman–Crippen LogP) is 1.17. The molecule has 106 valence electrons. The van der Waals surface area contributed by atoms with E-state index in [1.165, 1.54) is 6.92 Å². The maximum atomic E-state index is 12.0. The van der Waals surface area contributed by atoms with Crippen molar-refractivity contribution in [2.75, 3.05) is 11.1 Å². The molecule has 0 spiro atoms. The van der Waals surface area contributed by atoms with Crippen LogP contribution in [0.4, 0.5) is 5.69 Å². The van der Waals surface area contributed by atoms with Crippen LogP contribution in [-0.2, 0) is 14.6 Å². The molecule has 0 radical (unpaired) electrons. The van der Waals surface area contributed by atoms with Gasteiger partial charge in [-0.3, -0.25) is 4.79 Å². The molecule has 6 heteroatoms. The number of carbonyl (C=O) groups excluding carboxylic acids is 1. The summed E-state index contributed by atoms with van der Waals surface area (Å²) in [6.45, 7) is 4.61. The fourth-order valence-corrected chi connectivity index (χ4v) is 3.24. The third kappa shape index (κ3) is 5.00. The van der Waals surface area contributed by atoms with Gasteiger partial charge in [-0.15, -0.1) is 0 Å². The van der Waals surface area contributed by atoms with Gasteiger partial charge < -0.3 is 11.1 Å². The molecule has 19 heavy (non-hydrogen) atoms. The highest BCUT2D eigenvalue weighted by molar-refractivity contribution is 7.92. The fourth-order valence-electron chi connectivity index (χ4n) is 1.57. The van der Waals surface area contributed by atoms with Crippen LogP contribution in [0, 0.1) is 0 Å². The summed E-state index contributed by atoms with van der Waals surface area (Å²) in [5, 5.41) is 1.45. The molecular formula is C13H20N2O3S. The highest BCUT2D eigenvalue weighted by Crippen LogP contribution is 2.12. The first-order valence-corrected chi connectivity index (χ1v) is 7.70. The molecule has 0 saturated carbocycles. The SMILES string of the molecule is CC(C(=O)Nc1ccccc1)S(=O)(=O)CC(C)(C)N. The van der Waals surface area contributed by atoms with Crippen LogP contribution in [0.3, 0.4) is 0 Å². The molecule has 0 bridgehead atoms. The third-order valence-electron chi connectivity index (χ3n) is 2.52. The number of nitrogens with two attached hydrogens (primary N) is 1. The summed E-state index contributed by atoms with van der Waals surface area (Å²) in [5.74, 6) is -0.779. The van der Waals surface area contributed by atoms with Gasteiger partial charge in [-0.05, 0) is 32.9 Å². The highest BCUT2D eigenvalue weighted by Gasteiger charge is 2.32. The zero-order chi connectivity index (χ0) is 14.7. The summed E-state index contributed by atoms with van der Waals surface area (Å²) >= 11 is 0. The number of anilines is 1. The van der Waals surface area contributed by atoms with Crippen molar-refractivity contribution in [3.63, 3.8) is 0 Å². The number of nitrogens with one attached hydrogen (secondary N) is 1. The Kier molecular flexibility index (Phi) is 4.70. The highest BCUT2D eigenvalue weighted by atomic mass is 32.2. The van der Waals surface area contributed by atoms with Gasteiger partial charge >= 0.3 is 0 Å². The molecular weight excluding hydrogens is 264 g/mol. The molecule has 3 N–H and O–H groups in total. The summed E-state index contributed by atoms with van der Waals surface area (Å²) in [6.07, 6.45) is 0. The van der Waals surface area contributed by atoms with E-state index in [2.05, 4.69) is 5.32 Å². The number of carbonyl (C=O) groups is 1. The van der Waals surface area contributed by atoms with Crippen LogP contribution >= 0.6 is 0 Å². The Morgan fingerprint density at radius 1 is 1.32 bits per heavy atom. The molecule has 0 aliphatic rings. The average molecular weight is 284 g/mol. The van der Waals surface area contributed by atoms with Gasteiger partial charge in [0, 0.05) is 11.2 Å². The van der Waals surface area contributed by atoms with E-state index >= 15 is 0 Å². The molecule has 1 amide bonds. The van der Waals surface area contributed by atoms with Crippen LogP contribution < -0.4 is 11.1 Å². The molecule has 0 aliphatic carbocycles. The van der Waals surface area contributed by atoms with Crippen LogP contribution in [0.15, 0.2) is 30.3 Å². The molecule has 0 aliphatic heterocycles. The second kappa shape index (κ2) is 5.71. The van der Waals surface area contributed by atoms with Crippen molar-refractivity contribution >= 4 is 21.4 Å². The fraction of sp³-hybridized carbons (Fsp3) is 0.462. The van der Waals surface area contributed by atoms with E-state index in [1.54, 1.807) is 38.1 Å². The first-order valence-electron chi connectivity index (χ1n) is 5.98. The summed E-state index contributed by atoms with van der Waals surface area (Å²) in [5.41, 5.74) is 5.41. The number of amides is 1. The lowest BCUT2D eigenvalue weighted by Crippen LogP contribution is -2.45. The summed E-state index contributed by atoms with van der Waals surface area (Å²) in [6, 6.07) is 8.73. The Morgan fingerprint density at radius 3 is 2.32 bits per heavy atom. The number of hydrogen-bond donors (Lipinski definition) is 2. The van der Waals surface area contributed by atoms with E-state index < -0.39 is 26.5 Å². The number of rotatable bonds is 5. The average Bonchev–Trinajstić information content (AvgIpc) is 2.26. The van der Waals surface area contributed by atoms with Crippen LogP contribution in [0.25, 0.3) is 0 Å². The van der Waals surface area contributed by atoms with E-state index in [1.807, 2.05) is 6.07 Å². The Morgan fingerprint density at radius 2 is 1.84 bits per heavy atom. The first-order chi connectivity index (χ1) is 8.62. The molecule has 1 atom stereocenters. The van der Waals surface area contributed by atoms with Crippen molar-refractivity contribution < 1.29 is 13.2 Å². The van der Waals surface area contributed by atoms with Crippen molar-refractivity contribution in [2.45, 2.75) is 31.6 Å². The lowest BCUT2D eigenvalue weighted by atomic mass is 10.1. The molecule has 1 unspecified atom stereocenters. The topological polar surface area (TPSA) is 89.3 Å². The lowest BCUT2D eigenvalue weighted by Gasteiger charge is -2.21. The molecule has 0 heterocycles. The number of para-hydroxylation sites is 1. The molecule has 0 saturated heterocycles. The third-order valence-corrected chi connectivity index (χ3v) is 4.96. The van der Waals surface area contributed by atoms with Gasteiger partial charge in [0.15, 0.2) is 9.84 Å². The number of hydrogen-bond acceptors (Lipinski definition) is 4. The Balaban J connectivity index is 2.77. The minimum atomic E-state index is -3.57. The van der Waals surface area contributed by atoms with Gasteiger partial charge in [-0.2, -0.15) is 0 Å². The first kappa shape index (κ1) is 15.7. The van der Waals surface area contributed by atoms with Gasteiger partial charge in [0.2, 0.25) is 5.91 Å². The zero-order valence-electron chi connectivity index (χ0n) is 11.4. The molecule has 1 rings (SSSR count). The summed E-state index contributed by atoms with van der Waals surface area (Å²) in [7, 11) is -3.57. The minimum absolute atomic E-state index is 0.233. The number of sulfone groups is 1. The molecule has 0 fully saturated rings. The van der Waals surface area contributed by atoms with E-state index in [0.29, 0.717) is 5.69 Å². The Labute approximate surface area is 114 Å². The van der Waals surface area contributed by atoms with Crippen LogP contribution in [0.5, 0.6) is 0 Å². The molecule has 1 aromatic carbocycles.